The average Bonchev–Trinajstić information content (AvgIpc) is 3.16. The van der Waals surface area contributed by atoms with Crippen molar-refractivity contribution in [1.82, 2.24) is 0 Å². The van der Waals surface area contributed by atoms with Gasteiger partial charge < -0.3 is 14.2 Å². The molecule has 332 valence electrons. The first-order valence-electron chi connectivity index (χ1n) is 24.7. The standard InChI is InChI=1S/C50H96O6/c1-6-7-8-9-10-11-12-13-14-15-16-17-18-19-26-32-37-42-50(53)56-47(44-55-49(52)41-36-31-27-22-24-29-34-39-46(4)5)43-54-48(51)40-35-30-25-21-20-23-28-33-38-45(2)3/h45-47H,6-44H2,1-5H3/t47-/m1/s1. The Hall–Kier alpha value is -1.59. The Labute approximate surface area is 348 Å². The second-order valence-electron chi connectivity index (χ2n) is 18.1. The van der Waals surface area contributed by atoms with Gasteiger partial charge in [0.25, 0.3) is 0 Å². The van der Waals surface area contributed by atoms with E-state index in [-0.39, 0.29) is 31.1 Å². The van der Waals surface area contributed by atoms with Gasteiger partial charge in [0.1, 0.15) is 13.2 Å². The van der Waals surface area contributed by atoms with Crippen molar-refractivity contribution in [2.75, 3.05) is 13.2 Å². The van der Waals surface area contributed by atoms with E-state index in [0.717, 1.165) is 69.6 Å². The van der Waals surface area contributed by atoms with Gasteiger partial charge >= 0.3 is 17.9 Å². The van der Waals surface area contributed by atoms with Crippen LogP contribution in [0.3, 0.4) is 0 Å². The second kappa shape index (κ2) is 43.0. The molecule has 0 saturated carbocycles. The Bertz CT molecular complexity index is 854. The number of carbonyl (C=O) groups is 3. The van der Waals surface area contributed by atoms with E-state index in [2.05, 4.69) is 34.6 Å². The highest BCUT2D eigenvalue weighted by Gasteiger charge is 2.19. The Kier molecular flexibility index (Phi) is 41.8. The third-order valence-corrected chi connectivity index (χ3v) is 11.2. The summed E-state index contributed by atoms with van der Waals surface area (Å²) in [6.07, 6.45) is 42.5. The third-order valence-electron chi connectivity index (χ3n) is 11.2. The van der Waals surface area contributed by atoms with Crippen LogP contribution in [0.1, 0.15) is 272 Å². The van der Waals surface area contributed by atoms with Crippen molar-refractivity contribution in [3.05, 3.63) is 0 Å². The van der Waals surface area contributed by atoms with Gasteiger partial charge in [-0.05, 0) is 31.1 Å². The van der Waals surface area contributed by atoms with Gasteiger partial charge in [0.05, 0.1) is 0 Å². The molecule has 1 atom stereocenters. The summed E-state index contributed by atoms with van der Waals surface area (Å²) in [5.74, 6) is 0.722. The molecule has 0 unspecified atom stereocenters. The largest absolute Gasteiger partial charge is 0.462 e. The number of rotatable bonds is 44. The van der Waals surface area contributed by atoms with E-state index >= 15 is 0 Å². The van der Waals surface area contributed by atoms with Crippen molar-refractivity contribution in [3.8, 4) is 0 Å². The summed E-state index contributed by atoms with van der Waals surface area (Å²) < 4.78 is 16.8. The van der Waals surface area contributed by atoms with Gasteiger partial charge in [-0.15, -0.1) is 0 Å². The van der Waals surface area contributed by atoms with Crippen LogP contribution in [0.5, 0.6) is 0 Å². The Morgan fingerprint density at radius 1 is 0.339 bits per heavy atom. The maximum absolute atomic E-state index is 12.8. The highest BCUT2D eigenvalue weighted by atomic mass is 16.6. The van der Waals surface area contributed by atoms with E-state index in [0.29, 0.717) is 19.3 Å². The fourth-order valence-electron chi connectivity index (χ4n) is 7.46. The van der Waals surface area contributed by atoms with Crippen LogP contribution in [0.2, 0.25) is 0 Å². The zero-order chi connectivity index (χ0) is 41.2. The highest BCUT2D eigenvalue weighted by molar-refractivity contribution is 5.71. The van der Waals surface area contributed by atoms with Crippen molar-refractivity contribution < 1.29 is 28.6 Å². The van der Waals surface area contributed by atoms with E-state index < -0.39 is 6.10 Å². The van der Waals surface area contributed by atoms with Crippen molar-refractivity contribution in [3.63, 3.8) is 0 Å². The van der Waals surface area contributed by atoms with E-state index in [1.54, 1.807) is 0 Å². The molecule has 0 N–H and O–H groups in total. The zero-order valence-electron chi connectivity index (χ0n) is 38.3. The van der Waals surface area contributed by atoms with E-state index in [1.807, 2.05) is 0 Å². The van der Waals surface area contributed by atoms with E-state index in [9.17, 15) is 14.4 Å². The molecule has 0 aliphatic heterocycles. The van der Waals surface area contributed by atoms with Crippen LogP contribution in [-0.2, 0) is 28.6 Å². The summed E-state index contributed by atoms with van der Waals surface area (Å²) in [7, 11) is 0. The number of hydrogen-bond acceptors (Lipinski definition) is 6. The maximum atomic E-state index is 12.8. The van der Waals surface area contributed by atoms with E-state index in [4.69, 9.17) is 14.2 Å². The summed E-state index contributed by atoms with van der Waals surface area (Å²) in [6, 6.07) is 0. The fourth-order valence-corrected chi connectivity index (χ4v) is 7.46. The van der Waals surface area contributed by atoms with Crippen LogP contribution < -0.4 is 0 Å². The smallest absolute Gasteiger partial charge is 0.306 e. The number of hydrogen-bond donors (Lipinski definition) is 0. The first kappa shape index (κ1) is 54.4. The molecule has 0 heterocycles. The van der Waals surface area contributed by atoms with Crippen molar-refractivity contribution in [2.24, 2.45) is 11.8 Å². The molecule has 0 aromatic carbocycles. The van der Waals surface area contributed by atoms with Gasteiger partial charge in [0, 0.05) is 19.3 Å². The number of ether oxygens (including phenoxy) is 3. The molecule has 56 heavy (non-hydrogen) atoms. The molecule has 0 radical (unpaired) electrons. The summed E-state index contributed by atoms with van der Waals surface area (Å²) in [6.45, 7) is 11.3. The first-order chi connectivity index (χ1) is 27.2. The number of unbranched alkanes of at least 4 members (excludes halogenated alkanes) is 29. The predicted molar refractivity (Wildman–Crippen MR) is 238 cm³/mol. The van der Waals surface area contributed by atoms with Crippen molar-refractivity contribution in [1.29, 1.82) is 0 Å². The zero-order valence-corrected chi connectivity index (χ0v) is 38.3. The predicted octanol–water partition coefficient (Wildman–Crippen LogP) is 15.8. The highest BCUT2D eigenvalue weighted by Crippen LogP contribution is 2.17. The molecule has 0 amide bonds. The Morgan fingerprint density at radius 3 is 0.875 bits per heavy atom. The quantitative estimate of drug-likeness (QED) is 0.0347. The summed E-state index contributed by atoms with van der Waals surface area (Å²) >= 11 is 0. The van der Waals surface area contributed by atoms with Gasteiger partial charge in [0.2, 0.25) is 0 Å². The van der Waals surface area contributed by atoms with Crippen LogP contribution >= 0.6 is 0 Å². The van der Waals surface area contributed by atoms with Crippen molar-refractivity contribution >= 4 is 17.9 Å². The van der Waals surface area contributed by atoms with Crippen LogP contribution in [0.15, 0.2) is 0 Å². The number of esters is 3. The molecule has 0 aromatic heterocycles. The second-order valence-corrected chi connectivity index (χ2v) is 18.1. The molecule has 0 rings (SSSR count). The van der Waals surface area contributed by atoms with Gasteiger partial charge in [-0.3, -0.25) is 14.4 Å². The molecule has 6 heteroatoms. The van der Waals surface area contributed by atoms with Gasteiger partial charge in [0.15, 0.2) is 6.10 Å². The first-order valence-corrected chi connectivity index (χ1v) is 24.7. The molecule has 6 nitrogen and oxygen atoms in total. The minimum Gasteiger partial charge on any atom is -0.462 e. The van der Waals surface area contributed by atoms with Crippen molar-refractivity contribution in [2.45, 2.75) is 278 Å². The van der Waals surface area contributed by atoms with Gasteiger partial charge in [-0.2, -0.15) is 0 Å². The summed E-state index contributed by atoms with van der Waals surface area (Å²) in [5, 5.41) is 0. The van der Waals surface area contributed by atoms with E-state index in [1.165, 1.54) is 161 Å². The minimum atomic E-state index is -0.761. The lowest BCUT2D eigenvalue weighted by molar-refractivity contribution is -0.167. The van der Waals surface area contributed by atoms with Gasteiger partial charge in [-0.1, -0.05) is 234 Å². The SMILES string of the molecule is CCCCCCCCCCCCCCCCCCCC(=O)O[C@H](COC(=O)CCCCCCCCCCC(C)C)COC(=O)CCCCCCCCCC(C)C. The fraction of sp³-hybridized carbons (Fsp3) is 0.940. The molecule has 0 aliphatic rings. The van der Waals surface area contributed by atoms with Crippen LogP contribution in [0, 0.1) is 11.8 Å². The lowest BCUT2D eigenvalue weighted by Gasteiger charge is -2.18. The maximum Gasteiger partial charge on any atom is 0.306 e. The normalized spacial score (nSPS) is 12.1. The number of carbonyl (C=O) groups excluding carboxylic acids is 3. The monoisotopic (exact) mass is 793 g/mol. The molecule has 0 saturated heterocycles. The molecule has 0 bridgehead atoms. The molecule has 0 fully saturated rings. The average molecular weight is 793 g/mol. The Balaban J connectivity index is 4.28. The lowest BCUT2D eigenvalue weighted by atomic mass is 10.0. The minimum absolute atomic E-state index is 0.0654. The summed E-state index contributed by atoms with van der Waals surface area (Å²) in [5.41, 5.74) is 0. The lowest BCUT2D eigenvalue weighted by Crippen LogP contribution is -2.30. The van der Waals surface area contributed by atoms with Gasteiger partial charge in [-0.25, -0.2) is 0 Å². The molecule has 0 aromatic rings. The summed E-state index contributed by atoms with van der Waals surface area (Å²) in [4.78, 5) is 37.8. The molecule has 0 spiro atoms. The molecule has 0 aliphatic carbocycles. The topological polar surface area (TPSA) is 78.9 Å². The Morgan fingerprint density at radius 2 is 0.589 bits per heavy atom. The molecular weight excluding hydrogens is 697 g/mol. The molecular formula is C50H96O6. The van der Waals surface area contributed by atoms with Crippen LogP contribution in [-0.4, -0.2) is 37.2 Å². The third kappa shape index (κ3) is 43.5. The van der Waals surface area contributed by atoms with Crippen LogP contribution in [0.25, 0.3) is 0 Å². The van der Waals surface area contributed by atoms with Crippen LogP contribution in [0.4, 0.5) is 0 Å².